The van der Waals surface area contributed by atoms with Gasteiger partial charge in [0.2, 0.25) is 5.88 Å². The highest BCUT2D eigenvalue weighted by molar-refractivity contribution is 5.18. The number of methoxy groups -OCH3 is 1. The van der Waals surface area contributed by atoms with Crippen LogP contribution in [0.3, 0.4) is 0 Å². The summed E-state index contributed by atoms with van der Waals surface area (Å²) in [7, 11) is 5.63. The van der Waals surface area contributed by atoms with Gasteiger partial charge < -0.3 is 10.1 Å². The molecule has 102 valence electrons. The van der Waals surface area contributed by atoms with Crippen LogP contribution in [-0.2, 0) is 7.05 Å². The molecular weight excluding hydrogens is 226 g/mol. The van der Waals surface area contributed by atoms with Crippen LogP contribution in [0.15, 0.2) is 6.07 Å². The Morgan fingerprint density at radius 2 is 2.22 bits per heavy atom. The lowest BCUT2D eigenvalue weighted by atomic mass is 9.97. The molecular formula is C14H25N3O. The minimum absolute atomic E-state index is 0.348. The van der Waals surface area contributed by atoms with Crippen LogP contribution in [0.5, 0.6) is 5.88 Å². The molecule has 0 radical (unpaired) electrons. The molecule has 0 saturated heterocycles. The van der Waals surface area contributed by atoms with Gasteiger partial charge in [-0.25, -0.2) is 4.68 Å². The van der Waals surface area contributed by atoms with Crippen LogP contribution in [0.2, 0.25) is 0 Å². The summed E-state index contributed by atoms with van der Waals surface area (Å²) >= 11 is 0. The summed E-state index contributed by atoms with van der Waals surface area (Å²) < 4.78 is 7.07. The Balaban J connectivity index is 1.93. The Bertz CT molecular complexity index is 369. The average Bonchev–Trinajstić information content (AvgIpc) is 2.99. The molecule has 18 heavy (non-hydrogen) atoms. The number of nitrogens with one attached hydrogen (secondary N) is 1. The molecule has 0 aromatic carbocycles. The molecule has 2 rings (SSSR count). The van der Waals surface area contributed by atoms with Gasteiger partial charge in [0.05, 0.1) is 18.8 Å². The first-order valence-electron chi connectivity index (χ1n) is 6.99. The molecule has 4 nitrogen and oxygen atoms in total. The number of aryl methyl sites for hydroxylation is 1. The third-order valence-corrected chi connectivity index (χ3v) is 4.11. The minimum atomic E-state index is 0.348. The van der Waals surface area contributed by atoms with E-state index in [9.17, 15) is 0 Å². The maximum Gasteiger partial charge on any atom is 0.211 e. The molecule has 0 aliphatic heterocycles. The van der Waals surface area contributed by atoms with E-state index in [0.717, 1.165) is 17.5 Å². The first-order valence-corrected chi connectivity index (χ1v) is 6.99. The Kier molecular flexibility index (Phi) is 4.64. The van der Waals surface area contributed by atoms with E-state index in [1.54, 1.807) is 11.8 Å². The zero-order chi connectivity index (χ0) is 13.0. The van der Waals surface area contributed by atoms with Crippen molar-refractivity contribution in [2.24, 2.45) is 13.0 Å². The second kappa shape index (κ2) is 6.23. The van der Waals surface area contributed by atoms with E-state index < -0.39 is 0 Å². The lowest BCUT2D eigenvalue weighted by Gasteiger charge is -2.16. The zero-order valence-electron chi connectivity index (χ0n) is 11.8. The van der Waals surface area contributed by atoms with Crippen molar-refractivity contribution < 1.29 is 4.74 Å². The smallest absolute Gasteiger partial charge is 0.211 e. The molecule has 1 aliphatic rings. The van der Waals surface area contributed by atoms with Crippen molar-refractivity contribution in [1.82, 2.24) is 15.1 Å². The molecule has 0 amide bonds. The second-order valence-corrected chi connectivity index (χ2v) is 5.30. The third kappa shape index (κ3) is 3.05. The fourth-order valence-electron chi connectivity index (χ4n) is 2.97. The quantitative estimate of drug-likeness (QED) is 0.845. The third-order valence-electron chi connectivity index (χ3n) is 4.11. The van der Waals surface area contributed by atoms with Gasteiger partial charge in [-0.3, -0.25) is 0 Å². The standard InChI is InChI=1S/C14H25N3O/c1-15-12(9-8-11-6-4-5-7-11)13-10-14(18-3)17(2)16-13/h10-12,15H,4-9H2,1-3H3. The number of hydrogen-bond acceptors (Lipinski definition) is 3. The predicted octanol–water partition coefficient (Wildman–Crippen LogP) is 2.66. The Morgan fingerprint density at radius 1 is 1.50 bits per heavy atom. The van der Waals surface area contributed by atoms with Gasteiger partial charge >= 0.3 is 0 Å². The van der Waals surface area contributed by atoms with Gasteiger partial charge in [-0.2, -0.15) is 5.10 Å². The van der Waals surface area contributed by atoms with Crippen molar-refractivity contribution in [2.75, 3.05) is 14.2 Å². The SMILES string of the molecule is CNC(CCC1CCCC1)c1cc(OC)n(C)n1. The molecule has 1 aromatic rings. The van der Waals surface area contributed by atoms with Crippen LogP contribution in [-0.4, -0.2) is 23.9 Å². The van der Waals surface area contributed by atoms with E-state index in [1.165, 1.54) is 38.5 Å². The number of rotatable bonds is 6. The fraction of sp³-hybridized carbons (Fsp3) is 0.786. The maximum atomic E-state index is 5.27. The molecule has 1 atom stereocenters. The van der Waals surface area contributed by atoms with Crippen LogP contribution < -0.4 is 10.1 Å². The predicted molar refractivity (Wildman–Crippen MR) is 72.8 cm³/mol. The molecule has 1 fully saturated rings. The molecule has 4 heteroatoms. The van der Waals surface area contributed by atoms with Crippen LogP contribution >= 0.6 is 0 Å². The van der Waals surface area contributed by atoms with Gasteiger partial charge in [-0.05, 0) is 25.8 Å². The minimum Gasteiger partial charge on any atom is -0.481 e. The van der Waals surface area contributed by atoms with E-state index in [0.29, 0.717) is 6.04 Å². The van der Waals surface area contributed by atoms with Crippen molar-refractivity contribution >= 4 is 0 Å². The van der Waals surface area contributed by atoms with E-state index >= 15 is 0 Å². The summed E-state index contributed by atoms with van der Waals surface area (Å²) in [6, 6.07) is 2.39. The highest BCUT2D eigenvalue weighted by Crippen LogP contribution is 2.31. The lowest BCUT2D eigenvalue weighted by molar-refractivity contribution is 0.373. The number of nitrogens with zero attached hydrogens (tertiary/aromatic N) is 2. The molecule has 1 heterocycles. The molecule has 0 spiro atoms. The Hall–Kier alpha value is -1.03. The number of ether oxygens (including phenoxy) is 1. The Labute approximate surface area is 110 Å². The average molecular weight is 251 g/mol. The molecule has 1 unspecified atom stereocenters. The second-order valence-electron chi connectivity index (χ2n) is 5.30. The van der Waals surface area contributed by atoms with Crippen LogP contribution in [0, 0.1) is 5.92 Å². The van der Waals surface area contributed by atoms with Crippen molar-refractivity contribution in [2.45, 2.75) is 44.6 Å². The first-order chi connectivity index (χ1) is 8.74. The summed E-state index contributed by atoms with van der Waals surface area (Å²) in [4.78, 5) is 0. The highest BCUT2D eigenvalue weighted by Gasteiger charge is 2.19. The van der Waals surface area contributed by atoms with E-state index in [4.69, 9.17) is 4.74 Å². The molecule has 1 N–H and O–H groups in total. The fourth-order valence-corrected chi connectivity index (χ4v) is 2.97. The largest absolute Gasteiger partial charge is 0.481 e. The topological polar surface area (TPSA) is 39.1 Å². The number of hydrogen-bond donors (Lipinski definition) is 1. The number of aromatic nitrogens is 2. The summed E-state index contributed by atoms with van der Waals surface area (Å²) in [5.41, 5.74) is 1.09. The molecule has 1 aliphatic carbocycles. The lowest BCUT2D eigenvalue weighted by Crippen LogP contribution is -2.18. The zero-order valence-corrected chi connectivity index (χ0v) is 11.8. The van der Waals surface area contributed by atoms with Crippen LogP contribution in [0.4, 0.5) is 0 Å². The van der Waals surface area contributed by atoms with E-state index in [1.807, 2.05) is 20.2 Å². The van der Waals surface area contributed by atoms with Gasteiger partial charge in [0.1, 0.15) is 0 Å². The normalized spacial score (nSPS) is 18.2. The van der Waals surface area contributed by atoms with Crippen LogP contribution in [0.25, 0.3) is 0 Å². The summed E-state index contributed by atoms with van der Waals surface area (Å²) in [6.45, 7) is 0. The van der Waals surface area contributed by atoms with Gasteiger partial charge in [-0.15, -0.1) is 0 Å². The van der Waals surface area contributed by atoms with Gasteiger partial charge in [-0.1, -0.05) is 25.7 Å². The van der Waals surface area contributed by atoms with Gasteiger partial charge in [0.25, 0.3) is 0 Å². The van der Waals surface area contributed by atoms with E-state index in [2.05, 4.69) is 10.4 Å². The molecule has 0 bridgehead atoms. The Morgan fingerprint density at radius 3 is 2.78 bits per heavy atom. The van der Waals surface area contributed by atoms with Gasteiger partial charge in [0.15, 0.2) is 0 Å². The van der Waals surface area contributed by atoms with Crippen molar-refractivity contribution in [1.29, 1.82) is 0 Å². The van der Waals surface area contributed by atoms with Crippen molar-refractivity contribution in [3.8, 4) is 5.88 Å². The van der Waals surface area contributed by atoms with Gasteiger partial charge in [0, 0.05) is 13.1 Å². The van der Waals surface area contributed by atoms with Crippen molar-refractivity contribution in [3.05, 3.63) is 11.8 Å². The molecule has 1 aromatic heterocycles. The first kappa shape index (κ1) is 13.4. The highest BCUT2D eigenvalue weighted by atomic mass is 16.5. The summed E-state index contributed by atoms with van der Waals surface area (Å²) in [5, 5.41) is 7.90. The van der Waals surface area contributed by atoms with Crippen molar-refractivity contribution in [3.63, 3.8) is 0 Å². The summed E-state index contributed by atoms with van der Waals surface area (Å²) in [6.07, 6.45) is 8.16. The monoisotopic (exact) mass is 251 g/mol. The van der Waals surface area contributed by atoms with E-state index in [-0.39, 0.29) is 0 Å². The summed E-state index contributed by atoms with van der Waals surface area (Å²) in [5.74, 6) is 1.76. The molecule has 1 saturated carbocycles. The van der Waals surface area contributed by atoms with Crippen LogP contribution in [0.1, 0.15) is 50.3 Å². The maximum absolute atomic E-state index is 5.27.